The van der Waals surface area contributed by atoms with Crippen molar-refractivity contribution in [1.29, 1.82) is 0 Å². The molecule has 0 saturated heterocycles. The number of nitrogens with one attached hydrogen (secondary N) is 1. The zero-order valence-corrected chi connectivity index (χ0v) is 16.8. The monoisotopic (exact) mass is 404 g/mol. The highest BCUT2D eigenvalue weighted by molar-refractivity contribution is 6.30. The highest BCUT2D eigenvalue weighted by Crippen LogP contribution is 2.33. The van der Waals surface area contributed by atoms with Crippen LogP contribution in [0.2, 0.25) is 5.02 Å². The van der Waals surface area contributed by atoms with Gasteiger partial charge in [-0.15, -0.1) is 0 Å². The Kier molecular flexibility index (Phi) is 5.36. The third-order valence-electron chi connectivity index (χ3n) is 5.19. The maximum atomic E-state index is 13.0. The highest BCUT2D eigenvalue weighted by atomic mass is 35.5. The first-order valence-corrected chi connectivity index (χ1v) is 9.90. The molecule has 0 unspecified atom stereocenters. The molecule has 2 amide bonds. The second-order valence-corrected chi connectivity index (χ2v) is 7.71. The minimum atomic E-state index is -0.345. The molecule has 4 rings (SSSR count). The molecule has 0 aromatic heterocycles. The first-order valence-electron chi connectivity index (χ1n) is 9.52. The van der Waals surface area contributed by atoms with Crippen LogP contribution in [0.3, 0.4) is 0 Å². The molecule has 146 valence electrons. The number of nitrogens with zero attached hydrogens (tertiary/aromatic N) is 1. The number of hydrogen-bond donors (Lipinski definition) is 1. The van der Waals surface area contributed by atoms with E-state index in [2.05, 4.69) is 5.32 Å². The Hall–Kier alpha value is -3.11. The maximum absolute atomic E-state index is 13.0. The van der Waals surface area contributed by atoms with Gasteiger partial charge < -0.3 is 10.2 Å². The van der Waals surface area contributed by atoms with E-state index >= 15 is 0 Å². The lowest BCUT2D eigenvalue weighted by Crippen LogP contribution is -2.32. The van der Waals surface area contributed by atoms with Crippen LogP contribution < -0.4 is 5.32 Å². The van der Waals surface area contributed by atoms with E-state index in [0.29, 0.717) is 22.8 Å². The molecule has 4 nitrogen and oxygen atoms in total. The van der Waals surface area contributed by atoms with Gasteiger partial charge in [-0.05, 0) is 48.4 Å². The zero-order valence-electron chi connectivity index (χ0n) is 16.1. The van der Waals surface area contributed by atoms with Gasteiger partial charge in [-0.2, -0.15) is 0 Å². The summed E-state index contributed by atoms with van der Waals surface area (Å²) in [6, 6.07) is 22.3. The van der Waals surface area contributed by atoms with Gasteiger partial charge in [0, 0.05) is 22.8 Å². The van der Waals surface area contributed by atoms with Gasteiger partial charge in [0.2, 0.25) is 5.91 Å². The fraction of sp³-hybridized carbons (Fsp3) is 0.167. The summed E-state index contributed by atoms with van der Waals surface area (Å²) in [6.07, 6.45) is 0.172. The van der Waals surface area contributed by atoms with Gasteiger partial charge in [0.1, 0.15) is 0 Å². The lowest BCUT2D eigenvalue weighted by atomic mass is 10.00. The Morgan fingerprint density at radius 1 is 1.03 bits per heavy atom. The van der Waals surface area contributed by atoms with Crippen LogP contribution in [0.5, 0.6) is 0 Å². The first-order chi connectivity index (χ1) is 14.0. The van der Waals surface area contributed by atoms with E-state index in [1.54, 1.807) is 29.2 Å². The minimum Gasteiger partial charge on any atom is -0.327 e. The van der Waals surface area contributed by atoms with Crippen molar-refractivity contribution in [1.82, 2.24) is 4.90 Å². The molecular weight excluding hydrogens is 384 g/mol. The number of amides is 2. The summed E-state index contributed by atoms with van der Waals surface area (Å²) in [4.78, 5) is 27.6. The normalized spacial score (nSPS) is 13.9. The van der Waals surface area contributed by atoms with E-state index < -0.39 is 0 Å². The molecule has 1 aliphatic heterocycles. The van der Waals surface area contributed by atoms with Gasteiger partial charge in [0.05, 0.1) is 12.5 Å². The molecule has 1 aliphatic rings. The van der Waals surface area contributed by atoms with E-state index in [4.69, 9.17) is 11.6 Å². The summed E-state index contributed by atoms with van der Waals surface area (Å²) in [5, 5.41) is 3.52. The van der Waals surface area contributed by atoms with Crippen LogP contribution in [0.25, 0.3) is 0 Å². The zero-order chi connectivity index (χ0) is 20.4. The fourth-order valence-electron chi connectivity index (χ4n) is 3.65. The molecule has 0 bridgehead atoms. The molecule has 0 aliphatic carbocycles. The molecule has 1 N–H and O–H groups in total. The van der Waals surface area contributed by atoms with Crippen molar-refractivity contribution in [3.05, 3.63) is 100 Å². The number of carbonyl (C=O) groups is 2. The largest absolute Gasteiger partial charge is 0.327 e. The van der Waals surface area contributed by atoms with Crippen LogP contribution in [0.15, 0.2) is 72.8 Å². The Morgan fingerprint density at radius 3 is 2.41 bits per heavy atom. The van der Waals surface area contributed by atoms with Crippen LogP contribution in [0.4, 0.5) is 5.69 Å². The molecule has 1 heterocycles. The van der Waals surface area contributed by atoms with Crippen LogP contribution in [0, 0.1) is 6.92 Å². The average molecular weight is 405 g/mol. The number of rotatable bonds is 5. The lowest BCUT2D eigenvalue weighted by Gasteiger charge is -2.28. The Balaban J connectivity index is 1.59. The molecule has 0 saturated carbocycles. The van der Waals surface area contributed by atoms with Crippen molar-refractivity contribution in [2.45, 2.75) is 25.9 Å². The number of hydrogen-bond acceptors (Lipinski definition) is 2. The summed E-state index contributed by atoms with van der Waals surface area (Å²) in [5.74, 6) is -0.188. The van der Waals surface area contributed by atoms with Crippen molar-refractivity contribution in [3.63, 3.8) is 0 Å². The molecule has 0 fully saturated rings. The third kappa shape index (κ3) is 4.17. The molecule has 3 aromatic rings. The van der Waals surface area contributed by atoms with Crippen molar-refractivity contribution in [3.8, 4) is 0 Å². The second kappa shape index (κ2) is 8.10. The molecule has 29 heavy (non-hydrogen) atoms. The van der Waals surface area contributed by atoms with Gasteiger partial charge in [0.15, 0.2) is 0 Å². The number of carbonyl (C=O) groups excluding carboxylic acids is 2. The maximum Gasteiger partial charge on any atom is 0.255 e. The van der Waals surface area contributed by atoms with Gasteiger partial charge in [-0.3, -0.25) is 9.59 Å². The van der Waals surface area contributed by atoms with Gasteiger partial charge in [-0.1, -0.05) is 59.6 Å². The second-order valence-electron chi connectivity index (χ2n) is 7.28. The van der Waals surface area contributed by atoms with E-state index in [-0.39, 0.29) is 24.3 Å². The minimum absolute atomic E-state index is 0.0366. The molecule has 0 spiro atoms. The quantitative estimate of drug-likeness (QED) is 0.621. The van der Waals surface area contributed by atoms with Crippen molar-refractivity contribution in [2.24, 2.45) is 0 Å². The first kappa shape index (κ1) is 19.2. The fourth-order valence-corrected chi connectivity index (χ4v) is 3.77. The van der Waals surface area contributed by atoms with Crippen LogP contribution in [-0.2, 0) is 11.3 Å². The molecule has 5 heteroatoms. The summed E-state index contributed by atoms with van der Waals surface area (Å²) >= 11 is 5.91. The summed E-state index contributed by atoms with van der Waals surface area (Å²) in [5.41, 5.74) is 4.46. The topological polar surface area (TPSA) is 49.4 Å². The predicted molar refractivity (Wildman–Crippen MR) is 115 cm³/mol. The third-order valence-corrected chi connectivity index (χ3v) is 5.45. The Labute approximate surface area is 175 Å². The van der Waals surface area contributed by atoms with Crippen LogP contribution >= 0.6 is 11.6 Å². The number of anilines is 1. The number of fused-ring (bicyclic) bond motifs is 1. The van der Waals surface area contributed by atoms with Crippen molar-refractivity contribution in [2.75, 3.05) is 5.32 Å². The SMILES string of the molecule is Cc1ccc([C@H](CC(=O)Nc2ccc(Cl)cc2)N2Cc3ccccc3C2=O)cc1. The van der Waals surface area contributed by atoms with E-state index in [0.717, 1.165) is 16.7 Å². The van der Waals surface area contributed by atoms with E-state index in [1.807, 2.05) is 55.5 Å². The van der Waals surface area contributed by atoms with Crippen LogP contribution in [-0.4, -0.2) is 16.7 Å². The van der Waals surface area contributed by atoms with E-state index in [1.165, 1.54) is 0 Å². The van der Waals surface area contributed by atoms with Gasteiger partial charge in [0.25, 0.3) is 5.91 Å². The van der Waals surface area contributed by atoms with Gasteiger partial charge in [-0.25, -0.2) is 0 Å². The van der Waals surface area contributed by atoms with Crippen LogP contribution in [0.1, 0.15) is 39.5 Å². The standard InChI is InChI=1S/C24H21ClN2O2/c1-16-6-8-17(9-7-16)22(14-23(28)26-20-12-10-19(25)11-13-20)27-15-18-4-2-3-5-21(18)24(27)29/h2-13,22H,14-15H2,1H3,(H,26,28)/t22-/m0/s1. The molecule has 3 aromatic carbocycles. The molecule has 1 atom stereocenters. The summed E-state index contributed by atoms with van der Waals surface area (Å²) < 4.78 is 0. The Morgan fingerprint density at radius 2 is 1.72 bits per heavy atom. The molecular formula is C24H21ClN2O2. The lowest BCUT2D eigenvalue weighted by molar-refractivity contribution is -0.117. The summed E-state index contributed by atoms with van der Waals surface area (Å²) in [7, 11) is 0. The number of aryl methyl sites for hydroxylation is 1. The number of halogens is 1. The summed E-state index contributed by atoms with van der Waals surface area (Å²) in [6.45, 7) is 2.52. The smallest absolute Gasteiger partial charge is 0.255 e. The highest BCUT2D eigenvalue weighted by Gasteiger charge is 2.34. The molecule has 0 radical (unpaired) electrons. The number of benzene rings is 3. The van der Waals surface area contributed by atoms with Crippen molar-refractivity contribution >= 4 is 29.1 Å². The van der Waals surface area contributed by atoms with E-state index in [9.17, 15) is 9.59 Å². The predicted octanol–water partition coefficient (Wildman–Crippen LogP) is 5.37. The van der Waals surface area contributed by atoms with Crippen molar-refractivity contribution < 1.29 is 9.59 Å². The Bertz CT molecular complexity index is 1050. The van der Waals surface area contributed by atoms with Gasteiger partial charge >= 0.3 is 0 Å². The average Bonchev–Trinajstić information content (AvgIpc) is 3.05.